The number of fused-ring (bicyclic) bond motifs is 2. The molecule has 4 aromatic rings. The fourth-order valence-corrected chi connectivity index (χ4v) is 6.98. The van der Waals surface area contributed by atoms with Crippen molar-refractivity contribution in [2.24, 2.45) is 0 Å². The minimum Gasteiger partial charge on any atom is -0.497 e. The average molecular weight is 580 g/mol. The maximum atomic E-state index is 14.0. The van der Waals surface area contributed by atoms with E-state index in [9.17, 15) is 13.8 Å². The van der Waals surface area contributed by atoms with E-state index in [-0.39, 0.29) is 11.8 Å². The van der Waals surface area contributed by atoms with Gasteiger partial charge in [0.25, 0.3) is 11.8 Å². The van der Waals surface area contributed by atoms with Crippen LogP contribution in [-0.2, 0) is 17.3 Å². The summed E-state index contributed by atoms with van der Waals surface area (Å²) in [5.74, 6) is 0.486. The number of amides is 2. The molecule has 0 saturated carbocycles. The molecule has 8 heteroatoms. The predicted octanol–water partition coefficient (Wildman–Crippen LogP) is 5.60. The smallest absolute Gasteiger partial charge is 0.259 e. The van der Waals surface area contributed by atoms with E-state index in [1.54, 1.807) is 54.5 Å². The van der Waals surface area contributed by atoms with Gasteiger partial charge in [0.05, 0.1) is 45.5 Å². The summed E-state index contributed by atoms with van der Waals surface area (Å²) in [5, 5.41) is 0. The van der Waals surface area contributed by atoms with Crippen LogP contribution in [0, 0.1) is 13.8 Å². The first-order chi connectivity index (χ1) is 20.3. The Morgan fingerprint density at radius 2 is 1.60 bits per heavy atom. The van der Waals surface area contributed by atoms with Gasteiger partial charge in [-0.3, -0.25) is 9.59 Å². The molecule has 1 atom stereocenters. The van der Waals surface area contributed by atoms with E-state index in [1.165, 1.54) is 0 Å². The molecule has 6 rings (SSSR count). The first kappa shape index (κ1) is 27.7. The highest BCUT2D eigenvalue weighted by Gasteiger charge is 2.32. The third-order valence-corrected chi connectivity index (χ3v) is 9.60. The van der Waals surface area contributed by atoms with Gasteiger partial charge in [-0.2, -0.15) is 0 Å². The van der Waals surface area contributed by atoms with E-state index in [2.05, 4.69) is 11.0 Å². The molecule has 0 N–H and O–H groups in total. The molecule has 2 aliphatic heterocycles. The number of benzene rings is 4. The van der Waals surface area contributed by atoms with Crippen molar-refractivity contribution < 1.29 is 18.5 Å². The van der Waals surface area contributed by atoms with Gasteiger partial charge in [-0.1, -0.05) is 35.9 Å². The molecule has 0 spiro atoms. The van der Waals surface area contributed by atoms with Crippen LogP contribution in [-0.4, -0.2) is 54.2 Å². The summed E-state index contributed by atoms with van der Waals surface area (Å²) in [7, 11) is 0.0756. The zero-order valence-corrected chi connectivity index (χ0v) is 24.8. The van der Waals surface area contributed by atoms with Gasteiger partial charge in [0.1, 0.15) is 5.75 Å². The predicted molar refractivity (Wildman–Crippen MR) is 165 cm³/mol. The van der Waals surface area contributed by atoms with Crippen LogP contribution >= 0.6 is 0 Å². The topological polar surface area (TPSA) is 70.2 Å². The monoisotopic (exact) mass is 579 g/mol. The van der Waals surface area contributed by atoms with Crippen molar-refractivity contribution in [2.45, 2.75) is 30.2 Å². The molecule has 2 amide bonds. The zero-order valence-electron chi connectivity index (χ0n) is 24.0. The van der Waals surface area contributed by atoms with Crippen LogP contribution < -0.4 is 14.5 Å². The van der Waals surface area contributed by atoms with Crippen molar-refractivity contribution in [3.8, 4) is 5.75 Å². The van der Waals surface area contributed by atoms with Crippen molar-refractivity contribution in [3.05, 3.63) is 113 Å². The van der Waals surface area contributed by atoms with Crippen molar-refractivity contribution in [1.29, 1.82) is 0 Å². The lowest BCUT2D eigenvalue weighted by Gasteiger charge is -2.36. The van der Waals surface area contributed by atoms with Crippen LogP contribution in [0.15, 0.2) is 94.7 Å². The maximum Gasteiger partial charge on any atom is 0.259 e. The van der Waals surface area contributed by atoms with E-state index >= 15 is 0 Å². The van der Waals surface area contributed by atoms with Gasteiger partial charge in [-0.25, -0.2) is 4.21 Å². The second-order valence-electron chi connectivity index (χ2n) is 10.7. The Kier molecular flexibility index (Phi) is 7.56. The summed E-state index contributed by atoms with van der Waals surface area (Å²) >= 11 is 0. The van der Waals surface area contributed by atoms with Crippen LogP contribution in [0.2, 0.25) is 0 Å². The van der Waals surface area contributed by atoms with E-state index in [4.69, 9.17) is 4.74 Å². The number of nitrogens with zero attached hydrogens (tertiary/aromatic N) is 3. The Labute approximate surface area is 248 Å². The summed E-state index contributed by atoms with van der Waals surface area (Å²) in [4.78, 5) is 34.6. The molecule has 0 bridgehead atoms. The number of hydrogen-bond acceptors (Lipinski definition) is 5. The Morgan fingerprint density at radius 3 is 2.33 bits per heavy atom. The number of rotatable bonds is 5. The number of anilines is 2. The lowest BCUT2D eigenvalue weighted by atomic mass is 10.0. The molecular weight excluding hydrogens is 546 g/mol. The van der Waals surface area contributed by atoms with E-state index in [1.807, 2.05) is 55.1 Å². The molecule has 0 aromatic heterocycles. The summed E-state index contributed by atoms with van der Waals surface area (Å²) in [5.41, 5.74) is 5.67. The molecule has 0 unspecified atom stereocenters. The number of hydrogen-bond donors (Lipinski definition) is 0. The summed E-state index contributed by atoms with van der Waals surface area (Å²) in [6.45, 7) is 6.92. The highest BCUT2D eigenvalue weighted by molar-refractivity contribution is 7.85. The lowest BCUT2D eigenvalue weighted by molar-refractivity contribution is 0.0746. The first-order valence-corrected chi connectivity index (χ1v) is 15.2. The minimum atomic E-state index is -1.57. The van der Waals surface area contributed by atoms with Crippen LogP contribution in [0.5, 0.6) is 5.75 Å². The van der Waals surface area contributed by atoms with E-state index in [0.717, 1.165) is 28.1 Å². The minimum absolute atomic E-state index is 0.0983. The quantitative estimate of drug-likeness (QED) is 0.308. The van der Waals surface area contributed by atoms with Crippen LogP contribution in [0.4, 0.5) is 11.4 Å². The van der Waals surface area contributed by atoms with Gasteiger partial charge < -0.3 is 19.4 Å². The van der Waals surface area contributed by atoms with Crippen LogP contribution in [0.25, 0.3) is 0 Å². The molecule has 1 fully saturated rings. The second kappa shape index (κ2) is 11.4. The number of piperazine rings is 1. The third kappa shape index (κ3) is 5.18. The van der Waals surface area contributed by atoms with Crippen molar-refractivity contribution >= 4 is 34.0 Å². The van der Waals surface area contributed by atoms with Crippen LogP contribution in [0.1, 0.15) is 37.4 Å². The highest BCUT2D eigenvalue weighted by atomic mass is 32.2. The molecule has 2 heterocycles. The molecule has 42 heavy (non-hydrogen) atoms. The van der Waals surface area contributed by atoms with Gasteiger partial charge in [0, 0.05) is 37.4 Å². The summed E-state index contributed by atoms with van der Waals surface area (Å²) in [6, 6.07) is 26.4. The Morgan fingerprint density at radius 1 is 0.857 bits per heavy atom. The normalized spacial score (nSPS) is 16.5. The molecular formula is C34H33N3O4S. The van der Waals surface area contributed by atoms with Gasteiger partial charge in [-0.05, 0) is 79.6 Å². The number of ether oxygens (including phenoxy) is 1. The first-order valence-electron chi connectivity index (χ1n) is 14.0. The Hall–Kier alpha value is -4.43. The number of carbonyl (C=O) groups is 2. The SMILES string of the molecule is COc1ccc(N2CCN(C(=O)c3ccc4c(c3)N(Cc3cc(C)ccc3C)C(=O)c3ccccc3[S@@]4=O)CC2)cc1. The maximum absolute atomic E-state index is 14.0. The molecule has 7 nitrogen and oxygen atoms in total. The van der Waals surface area contributed by atoms with Crippen molar-refractivity contribution in [2.75, 3.05) is 43.1 Å². The molecule has 0 aliphatic carbocycles. The summed E-state index contributed by atoms with van der Waals surface area (Å²) in [6.07, 6.45) is 0. The number of aryl methyl sites for hydroxylation is 2. The average Bonchev–Trinajstić information content (AvgIpc) is 3.11. The Balaban J connectivity index is 1.31. The Bertz CT molecular complexity index is 1690. The molecule has 0 radical (unpaired) electrons. The van der Waals surface area contributed by atoms with Gasteiger partial charge in [-0.15, -0.1) is 0 Å². The van der Waals surface area contributed by atoms with E-state index < -0.39 is 10.8 Å². The van der Waals surface area contributed by atoms with Crippen molar-refractivity contribution in [3.63, 3.8) is 0 Å². The third-order valence-electron chi connectivity index (χ3n) is 8.10. The zero-order chi connectivity index (χ0) is 29.4. The molecule has 4 aromatic carbocycles. The fraction of sp³-hybridized carbons (Fsp3) is 0.235. The largest absolute Gasteiger partial charge is 0.497 e. The van der Waals surface area contributed by atoms with Gasteiger partial charge in [0.15, 0.2) is 0 Å². The summed E-state index contributed by atoms with van der Waals surface area (Å²) < 4.78 is 19.1. The van der Waals surface area contributed by atoms with Crippen LogP contribution in [0.3, 0.4) is 0 Å². The van der Waals surface area contributed by atoms with Crippen molar-refractivity contribution in [1.82, 2.24) is 4.90 Å². The lowest BCUT2D eigenvalue weighted by Crippen LogP contribution is -2.48. The number of methoxy groups -OCH3 is 1. The highest BCUT2D eigenvalue weighted by Crippen LogP contribution is 2.37. The molecule has 2 aliphatic rings. The fourth-order valence-electron chi connectivity index (χ4n) is 5.64. The standard InChI is InChI=1S/C34H33N3O4S/c1-23-8-9-24(2)26(20-23)22-37-30-21-25(10-15-32(30)42(40)31-7-5-4-6-29(31)34(37)39)33(38)36-18-16-35(17-19-36)27-11-13-28(41-3)14-12-27/h4-15,20-21H,16-19,22H2,1-3H3/t42-/m0/s1. The second-order valence-corrected chi connectivity index (χ2v) is 12.2. The van der Waals surface area contributed by atoms with Gasteiger partial charge in [0.2, 0.25) is 0 Å². The molecule has 214 valence electrons. The number of carbonyl (C=O) groups excluding carboxylic acids is 2. The van der Waals surface area contributed by atoms with Gasteiger partial charge >= 0.3 is 0 Å². The van der Waals surface area contributed by atoms with E-state index in [0.29, 0.717) is 59.3 Å². The molecule has 1 saturated heterocycles.